The van der Waals surface area contributed by atoms with Crippen molar-refractivity contribution in [3.8, 4) is 0 Å². The van der Waals surface area contributed by atoms with Crippen LogP contribution < -0.4 is 0 Å². The van der Waals surface area contributed by atoms with Crippen molar-refractivity contribution in [1.29, 1.82) is 0 Å². The lowest BCUT2D eigenvalue weighted by atomic mass is 10.4. The van der Waals surface area contributed by atoms with Crippen molar-refractivity contribution in [3.63, 3.8) is 0 Å². The summed E-state index contributed by atoms with van der Waals surface area (Å²) >= 11 is 0. The van der Waals surface area contributed by atoms with Crippen molar-refractivity contribution in [3.05, 3.63) is 30.1 Å². The van der Waals surface area contributed by atoms with Crippen LogP contribution in [0.3, 0.4) is 0 Å². The molecule has 1 aromatic heterocycles. The lowest BCUT2D eigenvalue weighted by molar-refractivity contribution is 1.20. The maximum Gasteiger partial charge on any atom is 0.0372 e. The summed E-state index contributed by atoms with van der Waals surface area (Å²) in [4.78, 5) is 3.98. The van der Waals surface area contributed by atoms with Gasteiger partial charge in [0.15, 0.2) is 0 Å². The summed E-state index contributed by atoms with van der Waals surface area (Å²) in [6, 6.07) is 5.86. The summed E-state index contributed by atoms with van der Waals surface area (Å²) < 4.78 is 0. The minimum Gasteiger partial charge on any atom is -0.262 e. The Labute approximate surface area is 50.4 Å². The zero-order valence-corrected chi connectivity index (χ0v) is 4.26. The van der Waals surface area contributed by atoms with Gasteiger partial charge in [-0.1, -0.05) is 13.5 Å². The van der Waals surface area contributed by atoms with Gasteiger partial charge in [-0.3, -0.25) is 4.98 Å². The van der Waals surface area contributed by atoms with Crippen LogP contribution in [0.5, 0.6) is 0 Å². The molecular formula is C7H11N. The Morgan fingerprint density at radius 1 is 1.38 bits per heavy atom. The van der Waals surface area contributed by atoms with Gasteiger partial charge < -0.3 is 0 Å². The molecule has 0 aliphatic heterocycles. The van der Waals surface area contributed by atoms with E-state index < -0.39 is 0 Å². The second-order valence-corrected chi connectivity index (χ2v) is 1.47. The molecule has 1 nitrogen and oxygen atoms in total. The van der Waals surface area contributed by atoms with E-state index in [1.54, 1.807) is 6.20 Å². The SMILES string of the molecule is C.Cc1ccccn1. The van der Waals surface area contributed by atoms with Gasteiger partial charge in [0.1, 0.15) is 0 Å². The fourth-order valence-corrected chi connectivity index (χ4v) is 0.448. The van der Waals surface area contributed by atoms with Crippen LogP contribution in [0.1, 0.15) is 13.1 Å². The standard InChI is InChI=1S/C6H7N.CH4/c1-6-4-2-3-5-7-6;/h2-5H,1H3;1H4. The highest BCUT2D eigenvalue weighted by Gasteiger charge is 1.73. The molecule has 44 valence electrons. The zero-order valence-electron chi connectivity index (χ0n) is 4.26. The number of rotatable bonds is 0. The van der Waals surface area contributed by atoms with Gasteiger partial charge in [0.05, 0.1) is 0 Å². The number of hydrogen-bond donors (Lipinski definition) is 0. The number of hydrogen-bond acceptors (Lipinski definition) is 1. The van der Waals surface area contributed by atoms with Gasteiger partial charge in [-0.15, -0.1) is 0 Å². The summed E-state index contributed by atoms with van der Waals surface area (Å²) in [6.07, 6.45) is 1.79. The molecule has 0 amide bonds. The van der Waals surface area contributed by atoms with Crippen molar-refractivity contribution in [2.45, 2.75) is 14.4 Å². The fraction of sp³-hybridized carbons (Fsp3) is 0.286. The minimum atomic E-state index is 0. The number of nitrogens with zero attached hydrogens (tertiary/aromatic N) is 1. The van der Waals surface area contributed by atoms with Crippen LogP contribution >= 0.6 is 0 Å². The summed E-state index contributed by atoms with van der Waals surface area (Å²) in [7, 11) is 0. The average molecular weight is 109 g/mol. The molecule has 1 aromatic rings. The summed E-state index contributed by atoms with van der Waals surface area (Å²) in [6.45, 7) is 1.97. The summed E-state index contributed by atoms with van der Waals surface area (Å²) in [5, 5.41) is 0. The third-order valence-electron chi connectivity index (χ3n) is 0.813. The predicted molar refractivity (Wildman–Crippen MR) is 35.7 cm³/mol. The van der Waals surface area contributed by atoms with Gasteiger partial charge in [-0.05, 0) is 19.1 Å². The van der Waals surface area contributed by atoms with E-state index in [1.807, 2.05) is 25.1 Å². The van der Waals surface area contributed by atoms with Gasteiger partial charge >= 0.3 is 0 Å². The Kier molecular flexibility index (Phi) is 2.85. The van der Waals surface area contributed by atoms with Crippen LogP contribution in [0, 0.1) is 6.92 Å². The maximum atomic E-state index is 3.98. The molecule has 0 N–H and O–H groups in total. The summed E-state index contributed by atoms with van der Waals surface area (Å²) in [5.74, 6) is 0. The first-order valence-corrected chi connectivity index (χ1v) is 2.27. The molecule has 1 rings (SSSR count). The van der Waals surface area contributed by atoms with Crippen LogP contribution in [0.25, 0.3) is 0 Å². The molecule has 0 saturated carbocycles. The summed E-state index contributed by atoms with van der Waals surface area (Å²) in [5.41, 5.74) is 1.07. The average Bonchev–Trinajstić information content (AvgIpc) is 1.69. The van der Waals surface area contributed by atoms with E-state index in [2.05, 4.69) is 4.98 Å². The van der Waals surface area contributed by atoms with E-state index in [9.17, 15) is 0 Å². The topological polar surface area (TPSA) is 12.9 Å². The Hall–Kier alpha value is -0.850. The van der Waals surface area contributed by atoms with Crippen molar-refractivity contribution < 1.29 is 0 Å². The quantitative estimate of drug-likeness (QED) is 0.496. The van der Waals surface area contributed by atoms with Gasteiger partial charge in [-0.25, -0.2) is 0 Å². The predicted octanol–water partition coefficient (Wildman–Crippen LogP) is 2.03. The van der Waals surface area contributed by atoms with E-state index in [4.69, 9.17) is 0 Å². The van der Waals surface area contributed by atoms with E-state index in [-0.39, 0.29) is 7.43 Å². The molecule has 0 unspecified atom stereocenters. The van der Waals surface area contributed by atoms with Gasteiger partial charge in [0.25, 0.3) is 0 Å². The maximum absolute atomic E-state index is 3.98. The van der Waals surface area contributed by atoms with Crippen LogP contribution in [0.4, 0.5) is 0 Å². The monoisotopic (exact) mass is 109 g/mol. The fourth-order valence-electron chi connectivity index (χ4n) is 0.448. The largest absolute Gasteiger partial charge is 0.262 e. The molecule has 0 spiro atoms. The Morgan fingerprint density at radius 3 is 2.38 bits per heavy atom. The van der Waals surface area contributed by atoms with E-state index in [0.29, 0.717) is 0 Å². The van der Waals surface area contributed by atoms with Crippen molar-refractivity contribution in [2.75, 3.05) is 0 Å². The highest BCUT2D eigenvalue weighted by molar-refractivity contribution is 4.99. The van der Waals surface area contributed by atoms with Gasteiger partial charge in [0.2, 0.25) is 0 Å². The Balaban J connectivity index is 0.000000490. The third kappa shape index (κ3) is 1.73. The first-order valence-electron chi connectivity index (χ1n) is 2.27. The lowest BCUT2D eigenvalue weighted by Gasteiger charge is -1.82. The number of pyridine rings is 1. The Morgan fingerprint density at radius 2 is 2.12 bits per heavy atom. The first-order chi connectivity index (χ1) is 3.39. The molecular weight excluding hydrogens is 98.1 g/mol. The minimum absolute atomic E-state index is 0. The lowest BCUT2D eigenvalue weighted by Crippen LogP contribution is -1.72. The highest BCUT2D eigenvalue weighted by Crippen LogP contribution is 1.85. The molecule has 0 aliphatic carbocycles. The van der Waals surface area contributed by atoms with Crippen molar-refractivity contribution in [2.24, 2.45) is 0 Å². The normalized spacial score (nSPS) is 7.62. The molecule has 0 fully saturated rings. The molecule has 1 heterocycles. The molecule has 8 heavy (non-hydrogen) atoms. The van der Waals surface area contributed by atoms with E-state index in [0.717, 1.165) is 5.69 Å². The molecule has 0 saturated heterocycles. The van der Waals surface area contributed by atoms with Gasteiger partial charge in [0, 0.05) is 11.9 Å². The smallest absolute Gasteiger partial charge is 0.0372 e. The highest BCUT2D eigenvalue weighted by atomic mass is 14.6. The second-order valence-electron chi connectivity index (χ2n) is 1.47. The molecule has 0 radical (unpaired) electrons. The molecule has 0 aliphatic rings. The van der Waals surface area contributed by atoms with Crippen LogP contribution in [-0.4, -0.2) is 4.98 Å². The van der Waals surface area contributed by atoms with Crippen LogP contribution in [0.15, 0.2) is 24.4 Å². The molecule has 0 aromatic carbocycles. The second kappa shape index (κ2) is 3.19. The van der Waals surface area contributed by atoms with Crippen molar-refractivity contribution >= 4 is 0 Å². The molecule has 0 bridgehead atoms. The van der Waals surface area contributed by atoms with Gasteiger partial charge in [-0.2, -0.15) is 0 Å². The number of aryl methyl sites for hydroxylation is 1. The van der Waals surface area contributed by atoms with Crippen LogP contribution in [0.2, 0.25) is 0 Å². The van der Waals surface area contributed by atoms with Crippen LogP contribution in [-0.2, 0) is 0 Å². The zero-order chi connectivity index (χ0) is 5.11. The van der Waals surface area contributed by atoms with Crippen molar-refractivity contribution in [1.82, 2.24) is 4.98 Å². The number of aromatic nitrogens is 1. The third-order valence-corrected chi connectivity index (χ3v) is 0.813. The molecule has 0 atom stereocenters. The Bertz CT molecular complexity index is 134. The first kappa shape index (κ1) is 7.15. The van der Waals surface area contributed by atoms with E-state index in [1.165, 1.54) is 0 Å². The molecule has 1 heteroatoms. The van der Waals surface area contributed by atoms with E-state index >= 15 is 0 Å².